The molecule has 1 spiro atoms. The maximum atomic E-state index is 12.6. The van der Waals surface area contributed by atoms with Crippen LogP contribution in [0.25, 0.3) is 0 Å². The fraction of sp³-hybridized carbons (Fsp3) is 0.636. The Kier molecular flexibility index (Phi) is 7.73. The molecule has 5 atom stereocenters. The van der Waals surface area contributed by atoms with E-state index in [4.69, 9.17) is 14.2 Å². The molecule has 8 heteroatoms. The quantitative estimate of drug-likeness (QED) is 0.261. The van der Waals surface area contributed by atoms with E-state index in [9.17, 15) is 10.2 Å². The average Bonchev–Trinajstić information content (AvgIpc) is 3.73. The molecule has 2 bridgehead atoms. The fourth-order valence-electron chi connectivity index (χ4n) is 8.30. The van der Waals surface area contributed by atoms with Crippen molar-refractivity contribution < 1.29 is 24.4 Å². The lowest BCUT2D eigenvalue weighted by Crippen LogP contribution is -2.78. The van der Waals surface area contributed by atoms with Crippen molar-refractivity contribution in [1.82, 2.24) is 15.5 Å². The Balaban J connectivity index is 0.909. The summed E-state index contributed by atoms with van der Waals surface area (Å²) in [5.74, 6) is 1.60. The molecule has 2 saturated carbocycles. The maximum Gasteiger partial charge on any atom is 0.165 e. The van der Waals surface area contributed by atoms with Gasteiger partial charge in [-0.2, -0.15) is 0 Å². The van der Waals surface area contributed by atoms with Crippen LogP contribution in [0.1, 0.15) is 48.8 Å². The van der Waals surface area contributed by atoms with E-state index in [1.807, 2.05) is 6.07 Å². The number of aliphatic hydroxyl groups is 1. The van der Waals surface area contributed by atoms with Gasteiger partial charge in [-0.25, -0.2) is 0 Å². The van der Waals surface area contributed by atoms with Gasteiger partial charge in [0.05, 0.1) is 37.4 Å². The third-order valence-electron chi connectivity index (χ3n) is 10.4. The molecule has 1 saturated heterocycles. The highest BCUT2D eigenvalue weighted by molar-refractivity contribution is 5.62. The average molecular weight is 564 g/mol. The van der Waals surface area contributed by atoms with Gasteiger partial charge < -0.3 is 35.1 Å². The number of ether oxygens (including phenoxy) is 3. The molecule has 41 heavy (non-hydrogen) atoms. The first-order valence-corrected chi connectivity index (χ1v) is 15.7. The minimum absolute atomic E-state index is 0.0965. The third kappa shape index (κ3) is 4.96. The standard InChI is InChI=1S/C33H45N3O5/c37-27-9-8-25-20-28-33(38)11-10-26(31-32(33,29(25)30(27)41-31)12-15-36(28)22-24-6-7-24)35-14-17-40-19-18-39-16-13-34-21-23-4-2-1-3-5-23/h1-5,8-9,24,26,28,31,34-35,37-38H,6-7,10-22H2/t26-,28?,31+,32?,33-/m1/s1. The third-order valence-corrected chi connectivity index (χ3v) is 10.4. The molecule has 0 amide bonds. The van der Waals surface area contributed by atoms with Crippen molar-refractivity contribution in [2.45, 2.75) is 74.3 Å². The zero-order chi connectivity index (χ0) is 27.9. The Bertz CT molecular complexity index is 1210. The molecule has 222 valence electrons. The van der Waals surface area contributed by atoms with Crippen LogP contribution >= 0.6 is 0 Å². The van der Waals surface area contributed by atoms with Crippen molar-refractivity contribution in [2.75, 3.05) is 52.6 Å². The number of piperidine rings is 1. The molecule has 2 heterocycles. The van der Waals surface area contributed by atoms with Gasteiger partial charge in [0, 0.05) is 43.8 Å². The maximum absolute atomic E-state index is 12.6. The van der Waals surface area contributed by atoms with Crippen LogP contribution in [0.15, 0.2) is 42.5 Å². The molecule has 2 unspecified atom stereocenters. The Morgan fingerprint density at radius 1 is 0.951 bits per heavy atom. The zero-order valence-electron chi connectivity index (χ0n) is 24.0. The van der Waals surface area contributed by atoms with Gasteiger partial charge in [0.1, 0.15) is 6.10 Å². The smallest absolute Gasteiger partial charge is 0.165 e. The first-order valence-electron chi connectivity index (χ1n) is 15.7. The molecule has 3 fully saturated rings. The van der Waals surface area contributed by atoms with Gasteiger partial charge in [0.15, 0.2) is 11.5 Å². The van der Waals surface area contributed by atoms with Gasteiger partial charge in [-0.1, -0.05) is 36.4 Å². The molecular weight excluding hydrogens is 518 g/mol. The summed E-state index contributed by atoms with van der Waals surface area (Å²) in [4.78, 5) is 2.58. The van der Waals surface area contributed by atoms with Crippen molar-refractivity contribution in [1.29, 1.82) is 0 Å². The summed E-state index contributed by atoms with van der Waals surface area (Å²) >= 11 is 0. The number of nitrogens with zero attached hydrogens (tertiary/aromatic N) is 1. The van der Waals surface area contributed by atoms with Crippen molar-refractivity contribution >= 4 is 0 Å². The summed E-state index contributed by atoms with van der Waals surface area (Å²) in [7, 11) is 0. The van der Waals surface area contributed by atoms with Gasteiger partial charge in [-0.3, -0.25) is 4.90 Å². The lowest BCUT2D eigenvalue weighted by Gasteiger charge is -2.64. The summed E-state index contributed by atoms with van der Waals surface area (Å²) in [5.41, 5.74) is 2.30. The van der Waals surface area contributed by atoms with E-state index in [1.165, 1.54) is 24.0 Å². The lowest BCUT2D eigenvalue weighted by atomic mass is 9.48. The SMILES string of the molecule is Oc1ccc2c3c1O[C@H]1[C@H](NCCOCCOCCNCc4ccccc4)CC[C@@]4(O)C(C2)N(CC2CC2)CCC314. The largest absolute Gasteiger partial charge is 0.504 e. The highest BCUT2D eigenvalue weighted by atomic mass is 16.5. The van der Waals surface area contributed by atoms with Crippen molar-refractivity contribution in [2.24, 2.45) is 5.92 Å². The van der Waals surface area contributed by atoms with E-state index in [0.717, 1.165) is 63.3 Å². The number of nitrogens with one attached hydrogen (secondary N) is 2. The molecular formula is C33H45N3O5. The Labute approximate surface area is 243 Å². The highest BCUT2D eigenvalue weighted by Crippen LogP contribution is 2.65. The predicted molar refractivity (Wildman–Crippen MR) is 156 cm³/mol. The van der Waals surface area contributed by atoms with Crippen LogP contribution < -0.4 is 15.4 Å². The molecule has 5 aliphatic rings. The van der Waals surface area contributed by atoms with Crippen LogP contribution in [0.5, 0.6) is 11.5 Å². The second-order valence-corrected chi connectivity index (χ2v) is 12.8. The molecule has 4 N–H and O–H groups in total. The Morgan fingerprint density at radius 3 is 2.56 bits per heavy atom. The number of hydrogen-bond acceptors (Lipinski definition) is 8. The molecule has 7 rings (SSSR count). The minimum atomic E-state index is -0.835. The Morgan fingerprint density at radius 2 is 1.76 bits per heavy atom. The van der Waals surface area contributed by atoms with Gasteiger partial charge in [0.25, 0.3) is 0 Å². The number of aromatic hydroxyl groups is 1. The highest BCUT2D eigenvalue weighted by Gasteiger charge is 2.72. The van der Waals surface area contributed by atoms with Crippen molar-refractivity contribution in [3.05, 3.63) is 59.2 Å². The summed E-state index contributed by atoms with van der Waals surface area (Å²) in [6.45, 7) is 6.85. The summed E-state index contributed by atoms with van der Waals surface area (Å²) < 4.78 is 18.2. The van der Waals surface area contributed by atoms with E-state index >= 15 is 0 Å². The number of likely N-dealkylation sites (tertiary alicyclic amines) is 1. The summed E-state index contributed by atoms with van der Waals surface area (Å²) in [5, 5.41) is 30.5. The molecule has 2 aromatic rings. The van der Waals surface area contributed by atoms with E-state index < -0.39 is 11.0 Å². The second-order valence-electron chi connectivity index (χ2n) is 12.8. The van der Waals surface area contributed by atoms with Crippen LogP contribution in [0.4, 0.5) is 0 Å². The van der Waals surface area contributed by atoms with Gasteiger partial charge >= 0.3 is 0 Å². The van der Waals surface area contributed by atoms with Gasteiger partial charge in [0.2, 0.25) is 0 Å². The zero-order valence-corrected chi connectivity index (χ0v) is 24.0. The van der Waals surface area contributed by atoms with E-state index in [1.54, 1.807) is 6.07 Å². The molecule has 8 nitrogen and oxygen atoms in total. The van der Waals surface area contributed by atoms with Gasteiger partial charge in [-0.15, -0.1) is 0 Å². The number of phenolic OH excluding ortho intramolecular Hbond substituents is 1. The van der Waals surface area contributed by atoms with E-state index in [2.05, 4.69) is 45.9 Å². The van der Waals surface area contributed by atoms with Crippen LogP contribution in [-0.4, -0.2) is 91.5 Å². The second kappa shape index (κ2) is 11.5. The predicted octanol–water partition coefficient (Wildman–Crippen LogP) is 2.74. The molecule has 2 aromatic carbocycles. The number of benzene rings is 2. The van der Waals surface area contributed by atoms with Gasteiger partial charge in [-0.05, 0) is 68.2 Å². The molecule has 2 aliphatic heterocycles. The Hall–Kier alpha value is -2.20. The van der Waals surface area contributed by atoms with Crippen LogP contribution in [0.3, 0.4) is 0 Å². The van der Waals surface area contributed by atoms with Crippen molar-refractivity contribution in [3.8, 4) is 11.5 Å². The van der Waals surface area contributed by atoms with E-state index in [0.29, 0.717) is 38.7 Å². The molecule has 0 radical (unpaired) electrons. The van der Waals surface area contributed by atoms with Crippen LogP contribution in [-0.2, 0) is 27.9 Å². The minimum Gasteiger partial charge on any atom is -0.504 e. The summed E-state index contributed by atoms with van der Waals surface area (Å²) in [6.07, 6.45) is 5.74. The molecule has 3 aliphatic carbocycles. The molecule has 0 aromatic heterocycles. The monoisotopic (exact) mass is 563 g/mol. The summed E-state index contributed by atoms with van der Waals surface area (Å²) in [6, 6.07) is 14.4. The first kappa shape index (κ1) is 27.6. The fourth-order valence-corrected chi connectivity index (χ4v) is 8.30. The first-order chi connectivity index (χ1) is 20.1. The number of phenols is 1. The lowest BCUT2D eigenvalue weighted by molar-refractivity contribution is -0.191. The number of rotatable bonds is 14. The topological polar surface area (TPSA) is 95.5 Å². The van der Waals surface area contributed by atoms with Crippen LogP contribution in [0, 0.1) is 5.92 Å². The normalized spacial score (nSPS) is 31.6. The van der Waals surface area contributed by atoms with Crippen LogP contribution in [0.2, 0.25) is 0 Å². The number of hydrogen-bond donors (Lipinski definition) is 4. The van der Waals surface area contributed by atoms with E-state index in [-0.39, 0.29) is 23.9 Å². The van der Waals surface area contributed by atoms with Crippen molar-refractivity contribution in [3.63, 3.8) is 0 Å².